The van der Waals surface area contributed by atoms with Gasteiger partial charge in [-0.15, -0.1) is 11.8 Å². The van der Waals surface area contributed by atoms with Crippen LogP contribution in [0.1, 0.15) is 17.6 Å². The number of nitrogens with zero attached hydrogens (tertiary/aromatic N) is 2. The predicted molar refractivity (Wildman–Crippen MR) is 81.1 cm³/mol. The van der Waals surface area contributed by atoms with Gasteiger partial charge in [-0.2, -0.15) is 0 Å². The van der Waals surface area contributed by atoms with Crippen molar-refractivity contribution in [3.05, 3.63) is 41.9 Å². The molecule has 1 atom stereocenters. The van der Waals surface area contributed by atoms with Crippen molar-refractivity contribution in [2.75, 3.05) is 18.3 Å². The summed E-state index contributed by atoms with van der Waals surface area (Å²) in [4.78, 5) is 10.0. The summed E-state index contributed by atoms with van der Waals surface area (Å²) in [5.41, 5.74) is 3.32. The Morgan fingerprint density at radius 3 is 3.10 bits per heavy atom. The van der Waals surface area contributed by atoms with Crippen molar-refractivity contribution >= 4 is 17.6 Å². The minimum absolute atomic E-state index is 0.200. The van der Waals surface area contributed by atoms with Crippen LogP contribution in [-0.4, -0.2) is 22.8 Å². The van der Waals surface area contributed by atoms with E-state index in [2.05, 4.69) is 15.4 Å². The zero-order valence-electron chi connectivity index (χ0n) is 11.6. The fourth-order valence-electron chi connectivity index (χ4n) is 2.10. The van der Waals surface area contributed by atoms with Crippen LogP contribution in [0.5, 0.6) is 5.75 Å². The second kappa shape index (κ2) is 6.30. The lowest BCUT2D eigenvalue weighted by molar-refractivity contribution is 0.178. The largest absolute Gasteiger partial charge is 0.480 e. The highest BCUT2D eigenvalue weighted by Gasteiger charge is 2.24. The number of methoxy groups -OCH3 is 1. The van der Waals surface area contributed by atoms with Crippen LogP contribution in [0.25, 0.3) is 0 Å². The van der Waals surface area contributed by atoms with Gasteiger partial charge < -0.3 is 14.9 Å². The Balaban J connectivity index is 1.89. The highest BCUT2D eigenvalue weighted by atomic mass is 32.2. The first kappa shape index (κ1) is 14.1. The summed E-state index contributed by atoms with van der Waals surface area (Å²) >= 11 is 1.74. The molecule has 0 saturated carbocycles. The Hall–Kier alpha value is -1.83. The molecule has 0 bridgehead atoms. The average molecular weight is 304 g/mol. The van der Waals surface area contributed by atoms with Gasteiger partial charge in [-0.25, -0.2) is 15.8 Å². The lowest BCUT2D eigenvalue weighted by atomic mass is 10.3. The Morgan fingerprint density at radius 1 is 1.43 bits per heavy atom. The number of nitrogens with two attached hydrogens (primary N) is 1. The zero-order chi connectivity index (χ0) is 14.7. The minimum Gasteiger partial charge on any atom is -0.480 e. The van der Waals surface area contributed by atoms with E-state index in [1.807, 2.05) is 24.3 Å². The normalized spacial score (nSPS) is 17.0. The van der Waals surface area contributed by atoms with E-state index in [1.165, 1.54) is 0 Å². The number of benzene rings is 1. The summed E-state index contributed by atoms with van der Waals surface area (Å²) < 4.78 is 11.1. The van der Waals surface area contributed by atoms with Gasteiger partial charge in [-0.1, -0.05) is 12.1 Å². The van der Waals surface area contributed by atoms with Gasteiger partial charge in [0.1, 0.15) is 11.6 Å². The third kappa shape index (κ3) is 3.10. The number of hydrogen-bond donors (Lipinski definition) is 2. The number of thioether (sulfide) groups is 1. The van der Waals surface area contributed by atoms with Crippen LogP contribution in [0.3, 0.4) is 0 Å². The number of nitrogens with one attached hydrogen (secondary N) is 1. The Labute approximate surface area is 127 Å². The van der Waals surface area contributed by atoms with Gasteiger partial charge in [0.15, 0.2) is 11.9 Å². The molecular formula is C14H16N4O2S. The highest BCUT2D eigenvalue weighted by molar-refractivity contribution is 7.99. The Bertz CT molecular complexity index is 638. The van der Waals surface area contributed by atoms with Crippen LogP contribution >= 0.6 is 11.8 Å². The van der Waals surface area contributed by atoms with Crippen molar-refractivity contribution in [1.29, 1.82) is 0 Å². The molecule has 1 aromatic heterocycles. The van der Waals surface area contributed by atoms with Crippen LogP contribution in [0.15, 0.2) is 35.2 Å². The van der Waals surface area contributed by atoms with E-state index < -0.39 is 0 Å². The van der Waals surface area contributed by atoms with Crippen molar-refractivity contribution < 1.29 is 9.47 Å². The predicted octanol–water partition coefficient (Wildman–Crippen LogP) is 2.13. The number of rotatable bonds is 4. The maximum absolute atomic E-state index is 6.00. The molecule has 21 heavy (non-hydrogen) atoms. The molecule has 2 aromatic rings. The topological polar surface area (TPSA) is 82.3 Å². The van der Waals surface area contributed by atoms with Crippen molar-refractivity contribution in [3.63, 3.8) is 0 Å². The number of ether oxygens (including phenoxy) is 2. The monoisotopic (exact) mass is 304 g/mol. The van der Waals surface area contributed by atoms with E-state index in [0.29, 0.717) is 18.2 Å². The summed E-state index contributed by atoms with van der Waals surface area (Å²) in [6.07, 6.45) is -0.200. The van der Waals surface area contributed by atoms with Gasteiger partial charge in [0.05, 0.1) is 12.3 Å². The van der Waals surface area contributed by atoms with Gasteiger partial charge in [-0.3, -0.25) is 0 Å². The van der Waals surface area contributed by atoms with E-state index in [4.69, 9.17) is 15.3 Å². The number of nitrogen functional groups attached to an aromatic ring is 1. The smallest absolute Gasteiger partial charge is 0.172 e. The molecule has 1 unspecified atom stereocenters. The van der Waals surface area contributed by atoms with Gasteiger partial charge >= 0.3 is 0 Å². The van der Waals surface area contributed by atoms with Crippen molar-refractivity contribution in [1.82, 2.24) is 9.97 Å². The fraction of sp³-hybridized carbons (Fsp3) is 0.286. The first-order valence-electron chi connectivity index (χ1n) is 6.52. The lowest BCUT2D eigenvalue weighted by Crippen LogP contribution is -2.20. The first-order valence-corrected chi connectivity index (χ1v) is 7.50. The standard InChI is InChI=1S/C14H16N4O2S/c1-19-7-9-6-13(18-15)17-14(16-9)11-8-21-12-5-3-2-4-10(12)20-11/h2-6,11H,7-8,15H2,1H3,(H,16,17,18). The molecule has 0 saturated heterocycles. The molecule has 0 radical (unpaired) electrons. The number of fused-ring (bicyclic) bond motifs is 1. The van der Waals surface area contributed by atoms with E-state index in [1.54, 1.807) is 24.9 Å². The summed E-state index contributed by atoms with van der Waals surface area (Å²) in [7, 11) is 1.63. The second-order valence-corrected chi connectivity index (χ2v) is 5.61. The van der Waals surface area contributed by atoms with Crippen LogP contribution in [0, 0.1) is 0 Å². The van der Waals surface area contributed by atoms with Crippen molar-refractivity contribution in [3.8, 4) is 5.75 Å². The Morgan fingerprint density at radius 2 is 2.29 bits per heavy atom. The maximum Gasteiger partial charge on any atom is 0.172 e. The molecule has 7 heteroatoms. The third-order valence-corrected chi connectivity index (χ3v) is 4.15. The number of aromatic nitrogens is 2. The van der Waals surface area contributed by atoms with Gasteiger partial charge in [0, 0.05) is 23.8 Å². The third-order valence-electron chi connectivity index (χ3n) is 3.03. The van der Waals surface area contributed by atoms with Crippen molar-refractivity contribution in [2.45, 2.75) is 17.6 Å². The molecule has 1 aliphatic heterocycles. The summed E-state index contributed by atoms with van der Waals surface area (Å²) in [6, 6.07) is 9.72. The molecule has 0 amide bonds. The average Bonchev–Trinajstić information content (AvgIpc) is 2.54. The summed E-state index contributed by atoms with van der Waals surface area (Å²) in [5.74, 6) is 8.25. The SMILES string of the molecule is COCc1cc(NN)nc(C2CSc3ccccc3O2)n1. The van der Waals surface area contributed by atoms with Crippen LogP contribution in [-0.2, 0) is 11.3 Å². The lowest BCUT2D eigenvalue weighted by Gasteiger charge is -2.24. The first-order chi connectivity index (χ1) is 10.3. The number of hydrogen-bond acceptors (Lipinski definition) is 7. The maximum atomic E-state index is 6.00. The minimum atomic E-state index is -0.200. The molecule has 0 fully saturated rings. The van der Waals surface area contributed by atoms with Gasteiger partial charge in [0.25, 0.3) is 0 Å². The molecule has 3 N–H and O–H groups in total. The summed E-state index contributed by atoms with van der Waals surface area (Å²) in [6.45, 7) is 0.403. The molecule has 3 rings (SSSR count). The molecular weight excluding hydrogens is 288 g/mol. The van der Waals surface area contributed by atoms with E-state index in [0.717, 1.165) is 22.1 Å². The van der Waals surface area contributed by atoms with Crippen LogP contribution < -0.4 is 16.0 Å². The van der Waals surface area contributed by atoms with E-state index in [-0.39, 0.29) is 6.10 Å². The molecule has 0 spiro atoms. The fourth-order valence-corrected chi connectivity index (χ4v) is 3.09. The van der Waals surface area contributed by atoms with Crippen LogP contribution in [0.4, 0.5) is 5.82 Å². The number of anilines is 1. The highest BCUT2D eigenvalue weighted by Crippen LogP contribution is 2.39. The molecule has 1 aliphatic rings. The second-order valence-electron chi connectivity index (χ2n) is 4.54. The number of hydrazine groups is 1. The van der Waals surface area contributed by atoms with E-state index >= 15 is 0 Å². The number of para-hydroxylation sites is 1. The molecule has 2 heterocycles. The molecule has 6 nitrogen and oxygen atoms in total. The van der Waals surface area contributed by atoms with E-state index in [9.17, 15) is 0 Å². The molecule has 110 valence electrons. The quantitative estimate of drug-likeness (QED) is 0.661. The molecule has 1 aromatic carbocycles. The molecule has 0 aliphatic carbocycles. The van der Waals surface area contributed by atoms with Crippen molar-refractivity contribution in [2.24, 2.45) is 5.84 Å². The van der Waals surface area contributed by atoms with Gasteiger partial charge in [-0.05, 0) is 12.1 Å². The summed E-state index contributed by atoms with van der Waals surface area (Å²) in [5, 5.41) is 0. The zero-order valence-corrected chi connectivity index (χ0v) is 12.4. The Kier molecular flexibility index (Phi) is 4.23. The van der Waals surface area contributed by atoms with Gasteiger partial charge in [0.2, 0.25) is 0 Å². The van der Waals surface area contributed by atoms with Crippen LogP contribution in [0.2, 0.25) is 0 Å².